The summed E-state index contributed by atoms with van der Waals surface area (Å²) < 4.78 is 5.17. The molecule has 30 heavy (non-hydrogen) atoms. The fourth-order valence-corrected chi connectivity index (χ4v) is 3.82. The molecular weight excluding hydrogens is 420 g/mol. The van der Waals surface area contributed by atoms with Crippen molar-refractivity contribution in [2.75, 3.05) is 19.4 Å². The summed E-state index contributed by atoms with van der Waals surface area (Å²) in [6, 6.07) is 14.6. The van der Waals surface area contributed by atoms with Gasteiger partial charge in [-0.25, -0.2) is 0 Å². The Labute approximate surface area is 188 Å². The highest BCUT2D eigenvalue weighted by atomic mass is 35.5. The van der Waals surface area contributed by atoms with Crippen molar-refractivity contribution in [3.8, 4) is 5.75 Å². The lowest BCUT2D eigenvalue weighted by atomic mass is 10.1. The second-order valence-corrected chi connectivity index (χ2v) is 8.38. The number of amides is 2. The maximum Gasteiger partial charge on any atom is 0.242 e. The second-order valence-electron chi connectivity index (χ2n) is 6.96. The van der Waals surface area contributed by atoms with Crippen LogP contribution >= 0.6 is 23.4 Å². The Morgan fingerprint density at radius 2 is 1.73 bits per heavy atom. The van der Waals surface area contributed by atoms with Crippen LogP contribution in [0.3, 0.4) is 0 Å². The molecule has 0 aliphatic heterocycles. The summed E-state index contributed by atoms with van der Waals surface area (Å²) in [4.78, 5) is 27.1. The van der Waals surface area contributed by atoms with E-state index < -0.39 is 6.04 Å². The van der Waals surface area contributed by atoms with E-state index >= 15 is 0 Å². The van der Waals surface area contributed by atoms with Crippen molar-refractivity contribution < 1.29 is 14.3 Å². The van der Waals surface area contributed by atoms with Gasteiger partial charge in [0.2, 0.25) is 11.8 Å². The molecule has 7 heteroatoms. The Balaban J connectivity index is 2.02. The number of hydrogen-bond donors (Lipinski definition) is 1. The van der Waals surface area contributed by atoms with Gasteiger partial charge in [-0.1, -0.05) is 42.8 Å². The van der Waals surface area contributed by atoms with Gasteiger partial charge in [-0.2, -0.15) is 0 Å². The van der Waals surface area contributed by atoms with Gasteiger partial charge in [0.1, 0.15) is 11.8 Å². The number of nitrogens with zero attached hydrogens (tertiary/aromatic N) is 1. The zero-order valence-electron chi connectivity index (χ0n) is 17.7. The van der Waals surface area contributed by atoms with Crippen LogP contribution in [-0.2, 0) is 21.9 Å². The lowest BCUT2D eigenvalue weighted by Gasteiger charge is -2.28. The standard InChI is InChI=1S/C23H29ClN2O3S/c1-4-13-25-23(28)17(2)26(14-18-5-9-20(24)10-6-18)22(27)16-30-15-19-7-11-21(29-3)12-8-19/h5-12,17H,4,13-16H2,1-3H3,(H,25,28)/t17-/m0/s1. The lowest BCUT2D eigenvalue weighted by Crippen LogP contribution is -2.48. The van der Waals surface area contributed by atoms with E-state index in [1.165, 1.54) is 11.8 Å². The minimum absolute atomic E-state index is 0.0670. The number of carbonyl (C=O) groups is 2. The predicted molar refractivity (Wildman–Crippen MR) is 124 cm³/mol. The highest BCUT2D eigenvalue weighted by Gasteiger charge is 2.25. The van der Waals surface area contributed by atoms with E-state index in [-0.39, 0.29) is 11.8 Å². The van der Waals surface area contributed by atoms with Crippen molar-refractivity contribution in [2.24, 2.45) is 0 Å². The van der Waals surface area contributed by atoms with Gasteiger partial charge < -0.3 is 15.0 Å². The van der Waals surface area contributed by atoms with E-state index in [1.54, 1.807) is 31.1 Å². The highest BCUT2D eigenvalue weighted by Crippen LogP contribution is 2.19. The number of thioether (sulfide) groups is 1. The maximum absolute atomic E-state index is 13.0. The molecule has 0 unspecified atom stereocenters. The number of ether oxygens (including phenoxy) is 1. The minimum atomic E-state index is -0.554. The topological polar surface area (TPSA) is 58.6 Å². The zero-order chi connectivity index (χ0) is 21.9. The van der Waals surface area contributed by atoms with Crippen LogP contribution in [0.1, 0.15) is 31.4 Å². The first-order valence-electron chi connectivity index (χ1n) is 9.97. The first-order valence-corrected chi connectivity index (χ1v) is 11.5. The van der Waals surface area contributed by atoms with Gasteiger partial charge in [0.15, 0.2) is 0 Å². The largest absolute Gasteiger partial charge is 0.497 e. The summed E-state index contributed by atoms with van der Waals surface area (Å²) in [6.07, 6.45) is 0.849. The summed E-state index contributed by atoms with van der Waals surface area (Å²) in [7, 11) is 1.63. The molecule has 0 bridgehead atoms. The maximum atomic E-state index is 13.0. The summed E-state index contributed by atoms with van der Waals surface area (Å²) in [5.41, 5.74) is 2.05. The molecule has 0 aliphatic rings. The summed E-state index contributed by atoms with van der Waals surface area (Å²) in [6.45, 7) is 4.72. The number of rotatable bonds is 11. The SMILES string of the molecule is CCCNC(=O)[C@H](C)N(Cc1ccc(Cl)cc1)C(=O)CSCc1ccc(OC)cc1. The van der Waals surface area contributed by atoms with Crippen molar-refractivity contribution in [3.05, 3.63) is 64.7 Å². The van der Waals surface area contributed by atoms with E-state index in [9.17, 15) is 9.59 Å². The average Bonchev–Trinajstić information content (AvgIpc) is 2.76. The van der Waals surface area contributed by atoms with Gasteiger partial charge in [-0.05, 0) is 48.7 Å². The van der Waals surface area contributed by atoms with E-state index in [1.807, 2.05) is 43.3 Å². The monoisotopic (exact) mass is 448 g/mol. The molecular formula is C23H29ClN2O3S. The van der Waals surface area contributed by atoms with Crippen molar-refractivity contribution in [2.45, 2.75) is 38.6 Å². The number of nitrogens with one attached hydrogen (secondary N) is 1. The van der Waals surface area contributed by atoms with Crippen molar-refractivity contribution in [1.82, 2.24) is 10.2 Å². The highest BCUT2D eigenvalue weighted by molar-refractivity contribution is 7.99. The molecule has 0 saturated carbocycles. The Bertz CT molecular complexity index is 812. The number of methoxy groups -OCH3 is 1. The number of carbonyl (C=O) groups excluding carboxylic acids is 2. The Morgan fingerprint density at radius 1 is 1.10 bits per heavy atom. The van der Waals surface area contributed by atoms with Crippen molar-refractivity contribution in [3.63, 3.8) is 0 Å². The molecule has 2 aromatic rings. The third-order valence-corrected chi connectivity index (χ3v) is 5.88. The molecule has 0 spiro atoms. The predicted octanol–water partition coefficient (Wildman–Crippen LogP) is 4.53. The molecule has 0 radical (unpaired) electrons. The summed E-state index contributed by atoms with van der Waals surface area (Å²) in [5.74, 6) is 1.61. The molecule has 1 N–H and O–H groups in total. The third-order valence-electron chi connectivity index (χ3n) is 4.64. The van der Waals surface area contributed by atoms with E-state index in [0.29, 0.717) is 29.6 Å². The van der Waals surface area contributed by atoms with Gasteiger partial charge in [-0.15, -0.1) is 11.8 Å². The smallest absolute Gasteiger partial charge is 0.242 e. The van der Waals surface area contributed by atoms with E-state index in [4.69, 9.17) is 16.3 Å². The van der Waals surface area contributed by atoms with Crippen LogP contribution in [0.25, 0.3) is 0 Å². The Morgan fingerprint density at radius 3 is 2.33 bits per heavy atom. The normalized spacial score (nSPS) is 11.6. The summed E-state index contributed by atoms with van der Waals surface area (Å²) in [5, 5.41) is 3.52. The minimum Gasteiger partial charge on any atom is -0.497 e. The molecule has 2 rings (SSSR count). The lowest BCUT2D eigenvalue weighted by molar-refractivity contribution is -0.138. The van der Waals surface area contributed by atoms with E-state index in [2.05, 4.69) is 5.32 Å². The fraction of sp³-hybridized carbons (Fsp3) is 0.391. The fourth-order valence-electron chi connectivity index (χ4n) is 2.83. The Kier molecular flexibility index (Phi) is 10.0. The van der Waals surface area contributed by atoms with Crippen LogP contribution in [-0.4, -0.2) is 42.2 Å². The van der Waals surface area contributed by atoms with Crippen LogP contribution in [0.4, 0.5) is 0 Å². The summed E-state index contributed by atoms with van der Waals surface area (Å²) >= 11 is 7.50. The molecule has 1 atom stereocenters. The molecule has 162 valence electrons. The quantitative estimate of drug-likeness (QED) is 0.548. The van der Waals surface area contributed by atoms with Crippen LogP contribution in [0.5, 0.6) is 5.75 Å². The van der Waals surface area contributed by atoms with Gasteiger partial charge in [0, 0.05) is 23.9 Å². The number of hydrogen-bond acceptors (Lipinski definition) is 4. The Hall–Kier alpha value is -2.18. The van der Waals surface area contributed by atoms with Crippen LogP contribution < -0.4 is 10.1 Å². The molecule has 5 nitrogen and oxygen atoms in total. The first kappa shape index (κ1) is 24.1. The molecule has 2 amide bonds. The van der Waals surface area contributed by atoms with E-state index in [0.717, 1.165) is 23.3 Å². The molecule has 0 heterocycles. The van der Waals surface area contributed by atoms with Crippen molar-refractivity contribution >= 4 is 35.2 Å². The van der Waals surface area contributed by atoms with Crippen LogP contribution in [0.15, 0.2) is 48.5 Å². The van der Waals surface area contributed by atoms with Crippen LogP contribution in [0.2, 0.25) is 5.02 Å². The zero-order valence-corrected chi connectivity index (χ0v) is 19.3. The van der Waals surface area contributed by atoms with Crippen LogP contribution in [0, 0.1) is 0 Å². The molecule has 2 aromatic carbocycles. The van der Waals surface area contributed by atoms with Gasteiger partial charge in [0.05, 0.1) is 12.9 Å². The molecule has 0 saturated heterocycles. The molecule has 0 fully saturated rings. The molecule has 0 aliphatic carbocycles. The third kappa shape index (κ3) is 7.58. The number of benzene rings is 2. The second kappa shape index (κ2) is 12.5. The van der Waals surface area contributed by atoms with Gasteiger partial charge >= 0.3 is 0 Å². The average molecular weight is 449 g/mol. The van der Waals surface area contributed by atoms with Gasteiger partial charge in [-0.3, -0.25) is 9.59 Å². The van der Waals surface area contributed by atoms with Gasteiger partial charge in [0.25, 0.3) is 0 Å². The number of halogens is 1. The first-order chi connectivity index (χ1) is 14.4. The molecule has 0 aromatic heterocycles. The van der Waals surface area contributed by atoms with Crippen molar-refractivity contribution in [1.29, 1.82) is 0 Å².